The van der Waals surface area contributed by atoms with Crippen LogP contribution in [0.2, 0.25) is 0 Å². The first-order chi connectivity index (χ1) is 9.74. The lowest BCUT2D eigenvalue weighted by Gasteiger charge is -2.52. The van der Waals surface area contributed by atoms with Crippen LogP contribution < -0.4 is 0 Å². The molecule has 114 valence electrons. The van der Waals surface area contributed by atoms with Gasteiger partial charge in [0.1, 0.15) is 6.61 Å². The summed E-state index contributed by atoms with van der Waals surface area (Å²) < 4.78 is 22.5. The fourth-order valence-electron chi connectivity index (χ4n) is 2.77. The lowest BCUT2D eigenvalue weighted by molar-refractivity contribution is -0.470. The fraction of sp³-hybridized carbons (Fsp3) is 0.875. The average Bonchev–Trinajstić information content (AvgIpc) is 2.49. The number of fused-ring (bicyclic) bond motifs is 3. The quantitative estimate of drug-likeness (QED) is 0.531. The van der Waals surface area contributed by atoms with Crippen LogP contribution in [0.25, 0.3) is 0 Å². The first-order valence-electron chi connectivity index (χ1n) is 7.61. The summed E-state index contributed by atoms with van der Waals surface area (Å²) >= 11 is 0. The molecule has 0 atom stereocenters. The van der Waals surface area contributed by atoms with Gasteiger partial charge in [0.25, 0.3) is 5.97 Å². The second kappa shape index (κ2) is 7.42. The van der Waals surface area contributed by atoms with Crippen molar-refractivity contribution in [2.75, 3.05) is 33.5 Å². The zero-order chi connectivity index (χ0) is 14.3. The minimum absolute atomic E-state index is 0.0993. The molecule has 3 saturated heterocycles. The van der Waals surface area contributed by atoms with E-state index in [0.717, 1.165) is 58.3 Å². The van der Waals surface area contributed by atoms with Gasteiger partial charge in [0.05, 0.1) is 19.8 Å². The van der Waals surface area contributed by atoms with Gasteiger partial charge in [0, 0.05) is 25.4 Å². The molecule has 0 amide bonds. The van der Waals surface area contributed by atoms with Gasteiger partial charge in [-0.15, -0.1) is 5.92 Å². The van der Waals surface area contributed by atoms with E-state index in [1.807, 2.05) is 0 Å². The topological polar surface area (TPSA) is 36.9 Å². The minimum Gasteiger partial charge on any atom is -0.372 e. The van der Waals surface area contributed by atoms with Gasteiger partial charge in [-0.3, -0.25) is 0 Å². The van der Waals surface area contributed by atoms with Gasteiger partial charge in [-0.25, -0.2) is 0 Å². The van der Waals surface area contributed by atoms with Crippen LogP contribution in [0.4, 0.5) is 0 Å². The molecular formula is C16H26O4. The van der Waals surface area contributed by atoms with Gasteiger partial charge in [-0.2, -0.15) is 0 Å². The summed E-state index contributed by atoms with van der Waals surface area (Å²) in [5.74, 6) is 5.28. The van der Waals surface area contributed by atoms with Gasteiger partial charge >= 0.3 is 0 Å². The predicted molar refractivity (Wildman–Crippen MR) is 76.0 cm³/mol. The zero-order valence-corrected chi connectivity index (χ0v) is 12.7. The highest BCUT2D eigenvalue weighted by Crippen LogP contribution is 2.43. The van der Waals surface area contributed by atoms with Crippen LogP contribution in [0.5, 0.6) is 0 Å². The molecule has 20 heavy (non-hydrogen) atoms. The zero-order valence-electron chi connectivity index (χ0n) is 12.7. The summed E-state index contributed by atoms with van der Waals surface area (Å²) in [6, 6.07) is 0. The molecule has 3 heterocycles. The summed E-state index contributed by atoms with van der Waals surface area (Å²) in [6.07, 6.45) is 5.97. The highest BCUT2D eigenvalue weighted by atomic mass is 16.9. The molecule has 0 spiro atoms. The average molecular weight is 282 g/mol. The Morgan fingerprint density at radius 1 is 1.00 bits per heavy atom. The molecule has 0 N–H and O–H groups in total. The summed E-state index contributed by atoms with van der Waals surface area (Å²) in [5, 5.41) is 0. The van der Waals surface area contributed by atoms with Crippen LogP contribution in [0, 0.1) is 17.3 Å². The van der Waals surface area contributed by atoms with Crippen molar-refractivity contribution in [1.29, 1.82) is 0 Å². The van der Waals surface area contributed by atoms with Crippen LogP contribution in [0.1, 0.15) is 45.4 Å². The lowest BCUT2D eigenvalue weighted by Crippen LogP contribution is -2.59. The Hall–Kier alpha value is -0.600. The van der Waals surface area contributed by atoms with Crippen molar-refractivity contribution in [3.05, 3.63) is 0 Å². The Morgan fingerprint density at radius 2 is 1.70 bits per heavy atom. The molecular weight excluding hydrogens is 256 g/mol. The van der Waals surface area contributed by atoms with E-state index in [-0.39, 0.29) is 5.41 Å². The summed E-state index contributed by atoms with van der Waals surface area (Å²) in [7, 11) is 1.66. The predicted octanol–water partition coefficient (Wildman–Crippen LogP) is 2.71. The van der Waals surface area contributed by atoms with E-state index < -0.39 is 5.97 Å². The van der Waals surface area contributed by atoms with Crippen molar-refractivity contribution in [2.24, 2.45) is 5.41 Å². The van der Waals surface area contributed by atoms with Gasteiger partial charge in [-0.1, -0.05) is 19.3 Å². The normalized spacial score (nSPS) is 31.9. The van der Waals surface area contributed by atoms with Gasteiger partial charge in [0.2, 0.25) is 0 Å². The number of unbranched alkanes of at least 4 members (excludes halogenated alkanes) is 2. The summed E-state index contributed by atoms with van der Waals surface area (Å²) in [6.45, 7) is 5.02. The van der Waals surface area contributed by atoms with E-state index in [4.69, 9.17) is 18.9 Å². The molecule has 2 bridgehead atoms. The number of rotatable bonds is 7. The largest absolute Gasteiger partial charge is 0.372 e. The molecule has 0 aromatic heterocycles. The molecule has 4 heteroatoms. The third-order valence-electron chi connectivity index (χ3n) is 3.95. The van der Waals surface area contributed by atoms with E-state index >= 15 is 0 Å². The molecule has 0 radical (unpaired) electrons. The van der Waals surface area contributed by atoms with Crippen molar-refractivity contribution < 1.29 is 18.9 Å². The molecule has 3 aliphatic rings. The Kier molecular flexibility index (Phi) is 5.86. The third kappa shape index (κ3) is 3.95. The first-order valence-corrected chi connectivity index (χ1v) is 7.61. The molecule has 4 nitrogen and oxygen atoms in total. The van der Waals surface area contributed by atoms with Crippen LogP contribution in [-0.2, 0) is 18.9 Å². The van der Waals surface area contributed by atoms with E-state index in [1.54, 1.807) is 7.11 Å². The monoisotopic (exact) mass is 282 g/mol. The lowest BCUT2D eigenvalue weighted by atomic mass is 9.84. The smallest absolute Gasteiger partial charge is 0.282 e. The minimum atomic E-state index is -0.768. The van der Waals surface area contributed by atoms with Crippen molar-refractivity contribution >= 4 is 0 Å². The maximum absolute atomic E-state index is 5.87. The second-order valence-corrected chi connectivity index (χ2v) is 5.79. The fourth-order valence-corrected chi connectivity index (χ4v) is 2.77. The molecule has 3 aliphatic heterocycles. The second-order valence-electron chi connectivity index (χ2n) is 5.79. The van der Waals surface area contributed by atoms with Crippen molar-refractivity contribution in [1.82, 2.24) is 0 Å². The summed E-state index contributed by atoms with van der Waals surface area (Å²) in [5.41, 5.74) is 0.0993. The van der Waals surface area contributed by atoms with Crippen LogP contribution in [0.15, 0.2) is 0 Å². The third-order valence-corrected chi connectivity index (χ3v) is 3.95. The first kappa shape index (κ1) is 15.8. The maximum Gasteiger partial charge on any atom is 0.282 e. The molecule has 3 rings (SSSR count). The van der Waals surface area contributed by atoms with Gasteiger partial charge < -0.3 is 18.9 Å². The highest BCUT2D eigenvalue weighted by Gasteiger charge is 2.51. The van der Waals surface area contributed by atoms with E-state index in [1.165, 1.54) is 0 Å². The Morgan fingerprint density at radius 3 is 2.30 bits per heavy atom. The van der Waals surface area contributed by atoms with E-state index in [2.05, 4.69) is 18.8 Å². The van der Waals surface area contributed by atoms with Gasteiger partial charge in [0.15, 0.2) is 0 Å². The standard InChI is InChI=1S/C16H26O4/c1-3-9-15-12-18-16(19-13-15,20-14-15)10-7-5-4-6-8-11-17-2/h3-5,7,9-14H2,1-2H3. The Labute approximate surface area is 122 Å². The van der Waals surface area contributed by atoms with Crippen LogP contribution in [0.3, 0.4) is 0 Å². The van der Waals surface area contributed by atoms with Crippen molar-refractivity contribution in [3.8, 4) is 11.8 Å². The molecule has 0 saturated carbocycles. The van der Waals surface area contributed by atoms with Crippen LogP contribution >= 0.6 is 0 Å². The Balaban J connectivity index is 1.67. The highest BCUT2D eigenvalue weighted by molar-refractivity contribution is 4.98. The molecule has 0 aromatic rings. The Bertz CT molecular complexity index is 331. The van der Waals surface area contributed by atoms with E-state index in [9.17, 15) is 0 Å². The van der Waals surface area contributed by atoms with Crippen molar-refractivity contribution in [2.45, 2.75) is 51.4 Å². The number of ether oxygens (including phenoxy) is 4. The SMILES string of the molecule is CCCC12COC(CCCCC#CCOC)(OC1)OC2. The number of methoxy groups -OCH3 is 1. The van der Waals surface area contributed by atoms with Crippen LogP contribution in [-0.4, -0.2) is 39.5 Å². The van der Waals surface area contributed by atoms with E-state index in [0.29, 0.717) is 6.61 Å². The number of hydrogen-bond acceptors (Lipinski definition) is 4. The van der Waals surface area contributed by atoms with Crippen molar-refractivity contribution in [3.63, 3.8) is 0 Å². The van der Waals surface area contributed by atoms with Gasteiger partial charge in [-0.05, 0) is 19.3 Å². The summed E-state index contributed by atoms with van der Waals surface area (Å²) in [4.78, 5) is 0. The molecule has 0 aromatic carbocycles. The maximum atomic E-state index is 5.87. The molecule has 0 unspecified atom stereocenters. The number of hydrogen-bond donors (Lipinski definition) is 0. The molecule has 0 aliphatic carbocycles. The molecule has 3 fully saturated rings.